The van der Waals surface area contributed by atoms with Gasteiger partial charge in [0.1, 0.15) is 0 Å². The zero-order valence-corrected chi connectivity index (χ0v) is 9.32. The topological polar surface area (TPSA) is 105 Å². The molecule has 0 amide bonds. The summed E-state index contributed by atoms with van der Waals surface area (Å²) in [4.78, 5) is 20.7. The van der Waals surface area contributed by atoms with Gasteiger partial charge < -0.3 is 5.11 Å². The normalized spacial score (nSPS) is 11.6. The average molecular weight is 237 g/mol. The first kappa shape index (κ1) is 12.8. The van der Waals surface area contributed by atoms with E-state index in [1.54, 1.807) is 0 Å². The number of aromatic carboxylic acids is 1. The van der Waals surface area contributed by atoms with Crippen molar-refractivity contribution in [3.63, 3.8) is 0 Å². The highest BCUT2D eigenvalue weighted by Gasteiger charge is 2.29. The van der Waals surface area contributed by atoms with Crippen molar-refractivity contribution in [1.82, 2.24) is 0 Å². The maximum Gasteiger partial charge on any atom is 0.335 e. The molecule has 0 spiro atoms. The zero-order chi connectivity index (χ0) is 13.1. The largest absolute Gasteiger partial charge is 0.478 e. The van der Waals surface area contributed by atoms with Gasteiger partial charge in [0.2, 0.25) is 0 Å². The van der Waals surface area contributed by atoms with Crippen LogP contribution in [0.15, 0.2) is 34.5 Å². The fourth-order valence-corrected chi connectivity index (χ4v) is 0.918. The Morgan fingerprint density at radius 2 is 2.12 bits per heavy atom. The number of carbonyl (C=O) groups is 1. The lowest BCUT2D eigenvalue weighted by molar-refractivity contribution is -0.559. The summed E-state index contributed by atoms with van der Waals surface area (Å²) in [5, 5.41) is 26.5. The van der Waals surface area contributed by atoms with Crippen LogP contribution in [0.5, 0.6) is 0 Å². The van der Waals surface area contributed by atoms with Gasteiger partial charge in [-0.2, -0.15) is 0 Å². The number of carboxylic acids is 1. The molecule has 0 radical (unpaired) electrons. The third-order valence-electron chi connectivity index (χ3n) is 1.95. The molecule has 0 aliphatic carbocycles. The second-order valence-electron chi connectivity index (χ2n) is 3.81. The van der Waals surface area contributed by atoms with Crippen molar-refractivity contribution in [2.24, 2.45) is 10.2 Å². The van der Waals surface area contributed by atoms with Crippen LogP contribution < -0.4 is 0 Å². The molecule has 1 rings (SSSR count). The highest BCUT2D eigenvalue weighted by molar-refractivity contribution is 5.88. The molecule has 0 fully saturated rings. The number of hydrogen-bond donors (Lipinski definition) is 1. The molecule has 0 aliphatic heterocycles. The third-order valence-corrected chi connectivity index (χ3v) is 1.95. The second-order valence-corrected chi connectivity index (χ2v) is 3.81. The van der Waals surface area contributed by atoms with Crippen LogP contribution in [0.4, 0.5) is 5.69 Å². The molecule has 0 aliphatic rings. The van der Waals surface area contributed by atoms with Crippen LogP contribution in [0.3, 0.4) is 0 Å². The summed E-state index contributed by atoms with van der Waals surface area (Å²) < 4.78 is 0. The minimum absolute atomic E-state index is 0.0559. The van der Waals surface area contributed by atoms with E-state index in [9.17, 15) is 14.9 Å². The summed E-state index contributed by atoms with van der Waals surface area (Å²) in [6.07, 6.45) is 0. The predicted octanol–water partition coefficient (Wildman–Crippen LogP) is 2.48. The molecule has 1 aromatic carbocycles. The lowest BCUT2D eigenvalue weighted by atomic mass is 10.2. The smallest absolute Gasteiger partial charge is 0.335 e. The molecule has 1 N–H and O–H groups in total. The van der Waals surface area contributed by atoms with Crippen LogP contribution in [0, 0.1) is 10.1 Å². The fraction of sp³-hybridized carbons (Fsp3) is 0.300. The first-order valence-corrected chi connectivity index (χ1v) is 4.74. The van der Waals surface area contributed by atoms with Gasteiger partial charge in [0.05, 0.1) is 16.2 Å². The molecule has 7 heteroatoms. The minimum atomic E-state index is -1.53. The van der Waals surface area contributed by atoms with Crippen molar-refractivity contribution in [2.45, 2.75) is 19.5 Å². The summed E-state index contributed by atoms with van der Waals surface area (Å²) in [5.74, 6) is -1.09. The highest BCUT2D eigenvalue weighted by Crippen LogP contribution is 2.18. The number of benzene rings is 1. The Morgan fingerprint density at radius 3 is 2.65 bits per heavy atom. The summed E-state index contributed by atoms with van der Waals surface area (Å²) in [6.45, 7) is 2.61. The van der Waals surface area contributed by atoms with Crippen molar-refractivity contribution in [3.05, 3.63) is 39.9 Å². The summed E-state index contributed by atoms with van der Waals surface area (Å²) in [6, 6.07) is 5.71. The van der Waals surface area contributed by atoms with Crippen LogP contribution in [0.1, 0.15) is 24.2 Å². The molecule has 1 aromatic rings. The van der Waals surface area contributed by atoms with Gasteiger partial charge in [0.15, 0.2) is 0 Å². The fourth-order valence-electron chi connectivity index (χ4n) is 0.918. The molecule has 0 unspecified atom stereocenters. The van der Waals surface area contributed by atoms with E-state index in [2.05, 4.69) is 10.2 Å². The van der Waals surface area contributed by atoms with E-state index < -0.39 is 16.6 Å². The van der Waals surface area contributed by atoms with E-state index in [0.29, 0.717) is 0 Å². The van der Waals surface area contributed by atoms with E-state index in [4.69, 9.17) is 5.11 Å². The van der Waals surface area contributed by atoms with E-state index in [0.717, 1.165) is 0 Å². The maximum absolute atomic E-state index is 10.7. The van der Waals surface area contributed by atoms with E-state index in [1.807, 2.05) is 0 Å². The summed E-state index contributed by atoms with van der Waals surface area (Å²) in [7, 11) is 0. The number of hydrogen-bond acceptors (Lipinski definition) is 5. The Kier molecular flexibility index (Phi) is 3.52. The SMILES string of the molecule is CC(C)(N=Nc1cccc(C(=O)O)c1)[N+](=O)[O-]. The second kappa shape index (κ2) is 4.69. The molecule has 0 heterocycles. The quantitative estimate of drug-likeness (QED) is 0.493. The predicted molar refractivity (Wildman–Crippen MR) is 59.0 cm³/mol. The maximum atomic E-state index is 10.7. The number of azo groups is 1. The van der Waals surface area contributed by atoms with E-state index in [1.165, 1.54) is 38.1 Å². The minimum Gasteiger partial charge on any atom is -0.478 e. The highest BCUT2D eigenvalue weighted by atomic mass is 16.6. The van der Waals surface area contributed by atoms with Crippen LogP contribution >= 0.6 is 0 Å². The Hall–Kier alpha value is -2.31. The van der Waals surface area contributed by atoms with Gasteiger partial charge in [-0.15, -0.1) is 10.2 Å². The van der Waals surface area contributed by atoms with Crippen molar-refractivity contribution in [1.29, 1.82) is 0 Å². The van der Waals surface area contributed by atoms with Gasteiger partial charge in [-0.1, -0.05) is 6.07 Å². The molecular formula is C10H11N3O4. The molecule has 0 saturated carbocycles. The first-order valence-electron chi connectivity index (χ1n) is 4.74. The molecule has 17 heavy (non-hydrogen) atoms. The molecule has 7 nitrogen and oxygen atoms in total. The standard InChI is InChI=1S/C10H11N3O4/c1-10(2,13(16)17)12-11-8-5-3-4-7(6-8)9(14)15/h3-6H,1-2H3,(H,14,15). The molecule has 90 valence electrons. The van der Waals surface area contributed by atoms with Crippen molar-refractivity contribution in [3.8, 4) is 0 Å². The number of rotatable bonds is 4. The summed E-state index contributed by atoms with van der Waals surface area (Å²) in [5.41, 5.74) is -1.21. The first-order chi connectivity index (χ1) is 7.83. The Bertz CT molecular complexity index is 482. The van der Waals surface area contributed by atoms with Gasteiger partial charge in [-0.25, -0.2) is 4.79 Å². The Balaban J connectivity index is 2.96. The van der Waals surface area contributed by atoms with Crippen LogP contribution in [0.25, 0.3) is 0 Å². The number of carboxylic acid groups (broad SMARTS) is 1. The Morgan fingerprint density at radius 1 is 1.47 bits per heavy atom. The van der Waals surface area contributed by atoms with Gasteiger partial charge in [0.25, 0.3) is 0 Å². The van der Waals surface area contributed by atoms with Crippen molar-refractivity contribution >= 4 is 11.7 Å². The molecule has 0 bridgehead atoms. The van der Waals surface area contributed by atoms with Gasteiger partial charge >= 0.3 is 11.6 Å². The van der Waals surface area contributed by atoms with E-state index >= 15 is 0 Å². The number of nitrogens with zero attached hydrogens (tertiary/aromatic N) is 3. The lowest BCUT2D eigenvalue weighted by Crippen LogP contribution is -2.27. The zero-order valence-electron chi connectivity index (χ0n) is 9.32. The molecule has 0 aromatic heterocycles. The van der Waals surface area contributed by atoms with Crippen LogP contribution in [-0.2, 0) is 0 Å². The summed E-state index contributed by atoms with van der Waals surface area (Å²) >= 11 is 0. The van der Waals surface area contributed by atoms with Crippen molar-refractivity contribution < 1.29 is 14.8 Å². The average Bonchev–Trinajstić information content (AvgIpc) is 2.26. The van der Waals surface area contributed by atoms with Gasteiger partial charge in [0, 0.05) is 13.8 Å². The third kappa shape index (κ3) is 3.33. The molecular weight excluding hydrogens is 226 g/mol. The Labute approximate surface area is 96.9 Å². The van der Waals surface area contributed by atoms with Gasteiger partial charge in [-0.05, 0) is 18.2 Å². The monoisotopic (exact) mass is 237 g/mol. The van der Waals surface area contributed by atoms with Crippen molar-refractivity contribution in [2.75, 3.05) is 0 Å². The molecule has 0 saturated heterocycles. The van der Waals surface area contributed by atoms with Crippen LogP contribution in [0.2, 0.25) is 0 Å². The molecule has 0 atom stereocenters. The number of nitro groups is 1. The lowest BCUT2D eigenvalue weighted by Gasteiger charge is -2.07. The van der Waals surface area contributed by atoms with Gasteiger partial charge in [-0.3, -0.25) is 10.1 Å². The van der Waals surface area contributed by atoms with Crippen LogP contribution in [-0.4, -0.2) is 21.7 Å². The van der Waals surface area contributed by atoms with E-state index in [-0.39, 0.29) is 11.3 Å².